The SMILES string of the molecule is Cc1c2oc3c(C)ccc(C(=O)N[C@@H]4C(=O)N[C@H](C(C)C)C(=O)N5[C@H](C(=O)N(C)CC(=O)N(C)[C@@H](C(C)C)C(=O)O[C@@H]4C)[C@@H](O)C[C@@H]5C)c3nc-2c(C(=O)OC[C@H](O)[C@@H]2NC(=O)[C@H](C)N(C)C(=O)CN(C)C(=O)[C@@H]3CC(=O)CN3C(=O)[C@@H](C(C)C)NC2=O)c(N)c1=O. The fourth-order valence-electron chi connectivity index (χ4n) is 11.8. The van der Waals surface area contributed by atoms with Gasteiger partial charge in [0.2, 0.25) is 58.6 Å². The van der Waals surface area contributed by atoms with Gasteiger partial charge in [0.25, 0.3) is 5.91 Å². The molecule has 1 aromatic carbocycles. The van der Waals surface area contributed by atoms with Crippen molar-refractivity contribution in [1.82, 2.24) is 55.7 Å². The fraction of sp³-hybridized carbons (Fsp3) is 0.590. The Hall–Kier alpha value is -9.13. The van der Waals surface area contributed by atoms with E-state index < -0.39 is 216 Å². The number of ether oxygens (including phenoxy) is 2. The van der Waals surface area contributed by atoms with Crippen LogP contribution in [0.3, 0.4) is 0 Å². The molecule has 1 aliphatic carbocycles. The Balaban J connectivity index is 1.26. The fourth-order valence-corrected chi connectivity index (χ4v) is 11.8. The number of fused-ring (bicyclic) bond motifs is 4. The molecule has 4 saturated heterocycles. The van der Waals surface area contributed by atoms with Gasteiger partial charge < -0.3 is 80.5 Å². The topological polar surface area (TPSA) is 418 Å². The third kappa shape index (κ3) is 13.9. The number of aryl methyl sites for hydroxylation is 1. The molecule has 6 aliphatic rings. The number of nitrogen functional groups attached to an aromatic ring is 1. The van der Waals surface area contributed by atoms with Crippen molar-refractivity contribution in [2.75, 3.05) is 60.2 Å². The Morgan fingerprint density at radius 1 is 0.750 bits per heavy atom. The van der Waals surface area contributed by atoms with Crippen LogP contribution in [-0.2, 0) is 62.2 Å². The molecule has 0 radical (unpaired) electrons. The molecule has 10 amide bonds. The van der Waals surface area contributed by atoms with Gasteiger partial charge >= 0.3 is 11.9 Å². The van der Waals surface area contributed by atoms with Gasteiger partial charge in [-0.3, -0.25) is 57.5 Å². The first kappa shape index (κ1) is 70.3. The Morgan fingerprint density at radius 3 is 1.93 bits per heavy atom. The van der Waals surface area contributed by atoms with Crippen molar-refractivity contribution in [3.63, 3.8) is 0 Å². The van der Waals surface area contributed by atoms with E-state index in [1.807, 2.05) is 0 Å². The van der Waals surface area contributed by atoms with Crippen molar-refractivity contribution in [2.24, 2.45) is 17.8 Å². The number of hydrogen-bond donors (Lipinski definition) is 7. The summed E-state index contributed by atoms with van der Waals surface area (Å²) in [6.07, 6.45) is -5.53. The standard InChI is InChI=1S/C61H82N12O19/c1-24(2)41-57(85)72-20-32(74)19-34(72)56(84)68(12)21-37(77)70(14)30(10)52(80)67-45(55(83)64-41)36(76)23-90-60(88)39-40(62)49(79)29(9)51-46(39)63-44-33(17-16-27(7)50(44)92-51)53(81)66-43-31(11)91-61(89)47(26(5)6)71(15)38(78)22-69(13)59(87)48-35(75)18-28(8)73(48)58(86)42(25(3)4)65-54(43)82/h16-17,24-26,28,30-31,34-36,41-43,45,47-48,75-76H,18-23,62H2,1-15H3,(H,64,83)(H,65,82)(H,66,81)(H,67,80)/t28-,30-,31+,34-,35-,36-,41+,42+,43-,45-,47-,48-/m0/s1. The number of hydrogen-bond acceptors (Lipinski definition) is 21. The van der Waals surface area contributed by atoms with Crippen molar-refractivity contribution in [3.8, 4) is 11.5 Å². The minimum Gasteiger partial charge on any atom is -0.459 e. The van der Waals surface area contributed by atoms with Crippen molar-refractivity contribution < 1.29 is 86.4 Å². The lowest BCUT2D eigenvalue weighted by molar-refractivity contribution is -0.163. The first-order valence-electron chi connectivity index (χ1n) is 30.2. The summed E-state index contributed by atoms with van der Waals surface area (Å²) in [4.78, 5) is 208. The van der Waals surface area contributed by atoms with E-state index in [1.165, 1.54) is 61.1 Å². The highest BCUT2D eigenvalue weighted by atomic mass is 16.6. The zero-order valence-electron chi connectivity index (χ0n) is 54.1. The van der Waals surface area contributed by atoms with Gasteiger partial charge in [0.15, 0.2) is 17.1 Å². The number of nitrogens with one attached hydrogen (secondary N) is 4. The minimum absolute atomic E-state index is 0.0295. The average Bonchev–Trinajstić information content (AvgIpc) is 0.934. The van der Waals surface area contributed by atoms with E-state index in [9.17, 15) is 77.3 Å². The van der Waals surface area contributed by atoms with Crippen LogP contribution in [0.1, 0.15) is 107 Å². The lowest BCUT2D eigenvalue weighted by Gasteiger charge is -2.37. The maximum Gasteiger partial charge on any atom is 0.342 e. The lowest BCUT2D eigenvalue weighted by Crippen LogP contribution is -2.62. The second kappa shape index (κ2) is 27.8. The summed E-state index contributed by atoms with van der Waals surface area (Å²) in [6.45, 7) is 13.8. The van der Waals surface area contributed by atoms with E-state index in [4.69, 9.17) is 19.6 Å². The molecule has 0 saturated carbocycles. The third-order valence-corrected chi connectivity index (χ3v) is 17.5. The number of likely N-dealkylation sites (N-methyl/N-ethyl adjacent to an activating group) is 4. The number of Topliss-reactive ketones (excluding diaryl/α,β-unsaturated/α-hetero) is 1. The van der Waals surface area contributed by atoms with Crippen LogP contribution >= 0.6 is 0 Å². The molecule has 7 rings (SSSR count). The molecule has 92 heavy (non-hydrogen) atoms. The summed E-state index contributed by atoms with van der Waals surface area (Å²) in [7, 11) is 5.16. The van der Waals surface area contributed by atoms with Gasteiger partial charge in [-0.15, -0.1) is 0 Å². The summed E-state index contributed by atoms with van der Waals surface area (Å²) in [5.41, 5.74) is 2.84. The van der Waals surface area contributed by atoms with Gasteiger partial charge in [0.05, 0.1) is 37.0 Å². The number of carbonyl (C=O) groups is 13. The monoisotopic (exact) mass is 1290 g/mol. The largest absolute Gasteiger partial charge is 0.459 e. The maximum absolute atomic E-state index is 15.0. The molecule has 31 heteroatoms. The minimum atomic E-state index is -2.18. The number of cyclic esters (lactones) is 1. The molecule has 0 spiro atoms. The van der Waals surface area contributed by atoms with Crippen LogP contribution in [0.2, 0.25) is 0 Å². The molecule has 1 aromatic rings. The molecule has 5 heterocycles. The van der Waals surface area contributed by atoms with Gasteiger partial charge in [-0.2, -0.15) is 0 Å². The van der Waals surface area contributed by atoms with Gasteiger partial charge in [0, 0.05) is 46.2 Å². The number of esters is 2. The van der Waals surface area contributed by atoms with Crippen LogP contribution in [0.4, 0.5) is 5.69 Å². The summed E-state index contributed by atoms with van der Waals surface area (Å²) in [6, 6.07) is -10.3. The highest BCUT2D eigenvalue weighted by Gasteiger charge is 2.50. The highest BCUT2D eigenvalue weighted by Crippen LogP contribution is 2.36. The molecule has 0 bridgehead atoms. The van der Waals surface area contributed by atoms with Crippen LogP contribution in [-0.4, -0.2) is 249 Å². The first-order chi connectivity index (χ1) is 42.9. The van der Waals surface area contributed by atoms with E-state index in [-0.39, 0.29) is 40.8 Å². The molecule has 500 valence electrons. The van der Waals surface area contributed by atoms with E-state index in [0.717, 1.165) is 29.4 Å². The Morgan fingerprint density at radius 2 is 1.33 bits per heavy atom. The Bertz CT molecular complexity index is 3550. The molecule has 12 atom stereocenters. The molecular weight excluding hydrogens is 1200 g/mol. The number of amides is 10. The van der Waals surface area contributed by atoms with Gasteiger partial charge in [-0.05, 0) is 70.4 Å². The van der Waals surface area contributed by atoms with Crippen LogP contribution < -0.4 is 32.4 Å². The van der Waals surface area contributed by atoms with E-state index in [2.05, 4.69) is 26.3 Å². The molecule has 0 unspecified atom stereocenters. The zero-order chi connectivity index (χ0) is 68.7. The predicted molar refractivity (Wildman–Crippen MR) is 324 cm³/mol. The van der Waals surface area contributed by atoms with E-state index >= 15 is 0 Å². The summed E-state index contributed by atoms with van der Waals surface area (Å²) in [5.74, 6) is -14.3. The van der Waals surface area contributed by atoms with Crippen molar-refractivity contribution in [1.29, 1.82) is 0 Å². The molecule has 5 aliphatic heterocycles. The molecule has 31 nitrogen and oxygen atoms in total. The van der Waals surface area contributed by atoms with E-state index in [0.29, 0.717) is 5.56 Å². The summed E-state index contributed by atoms with van der Waals surface area (Å²) >= 11 is 0. The van der Waals surface area contributed by atoms with Crippen LogP contribution in [0.25, 0.3) is 22.6 Å². The molecule has 0 aromatic heterocycles. The number of nitrogens with zero attached hydrogens (tertiary/aromatic N) is 7. The van der Waals surface area contributed by atoms with Crippen LogP contribution in [0.15, 0.2) is 21.3 Å². The number of anilines is 1. The smallest absolute Gasteiger partial charge is 0.342 e. The normalized spacial score (nSPS) is 26.9. The second-order valence-corrected chi connectivity index (χ2v) is 25.3. The highest BCUT2D eigenvalue weighted by molar-refractivity contribution is 6.09. The first-order valence-corrected chi connectivity index (χ1v) is 30.2. The molecular formula is C61H82N12O19. The number of carbonyl (C=O) groups excluding carboxylic acids is 13. The molecule has 4 fully saturated rings. The number of aliphatic hydroxyl groups excluding tert-OH is 2. The Kier molecular flexibility index (Phi) is 21.2. The number of nitrogens with two attached hydrogens (primary N) is 1. The number of ketones is 1. The van der Waals surface area contributed by atoms with Gasteiger partial charge in [0.1, 0.15) is 83.9 Å². The van der Waals surface area contributed by atoms with Crippen LogP contribution in [0, 0.1) is 31.6 Å². The number of aliphatic hydroxyl groups is 2. The van der Waals surface area contributed by atoms with Gasteiger partial charge in [-0.1, -0.05) is 47.6 Å². The average molecular weight is 1290 g/mol. The molecule has 8 N–H and O–H groups in total. The number of benzene rings is 2. The van der Waals surface area contributed by atoms with Crippen molar-refractivity contribution >= 4 is 93.6 Å². The van der Waals surface area contributed by atoms with Crippen LogP contribution in [0.5, 0.6) is 0 Å². The van der Waals surface area contributed by atoms with Crippen molar-refractivity contribution in [3.05, 3.63) is 44.6 Å². The number of aromatic nitrogens is 1. The zero-order valence-corrected chi connectivity index (χ0v) is 54.1. The van der Waals surface area contributed by atoms with Crippen molar-refractivity contribution in [2.45, 2.75) is 162 Å². The van der Waals surface area contributed by atoms with E-state index in [1.54, 1.807) is 55.4 Å². The number of rotatable bonds is 9. The third-order valence-electron chi connectivity index (χ3n) is 17.5. The predicted octanol–water partition coefficient (Wildman–Crippen LogP) is -2.40. The Labute approximate surface area is 529 Å². The summed E-state index contributed by atoms with van der Waals surface area (Å²) < 4.78 is 17.8. The lowest BCUT2D eigenvalue weighted by atomic mass is 9.99. The maximum atomic E-state index is 15.0. The second-order valence-electron chi connectivity index (χ2n) is 25.3. The van der Waals surface area contributed by atoms with Gasteiger partial charge in [-0.25, -0.2) is 14.6 Å². The summed E-state index contributed by atoms with van der Waals surface area (Å²) in [5, 5.41) is 33.2. The quantitative estimate of drug-likeness (QED) is 0.0667.